The molecule has 43 heavy (non-hydrogen) atoms. The number of hydrogen-bond donors (Lipinski definition) is 4. The molecule has 0 aliphatic carbocycles. The van der Waals surface area contributed by atoms with Gasteiger partial charge in [0, 0.05) is 31.2 Å². The maximum Gasteiger partial charge on any atom is 0.326 e. The number of nitrogens with zero attached hydrogens (tertiary/aromatic N) is 2. The molecule has 2 aliphatic heterocycles. The van der Waals surface area contributed by atoms with Crippen molar-refractivity contribution in [3.63, 3.8) is 0 Å². The van der Waals surface area contributed by atoms with Crippen molar-refractivity contribution in [2.45, 2.75) is 69.5 Å². The van der Waals surface area contributed by atoms with E-state index in [-0.39, 0.29) is 54.9 Å². The summed E-state index contributed by atoms with van der Waals surface area (Å²) in [5, 5.41) is 17.6. The van der Waals surface area contributed by atoms with Crippen LogP contribution >= 0.6 is 24.8 Å². The molecule has 2 atom stereocenters. The number of nitrogen functional groups attached to an aromatic ring is 1. The van der Waals surface area contributed by atoms with Crippen LogP contribution in [0.5, 0.6) is 0 Å². The number of sulfonamides is 1. The first-order valence-corrected chi connectivity index (χ1v) is 15.3. The smallest absolute Gasteiger partial charge is 0.326 e. The van der Waals surface area contributed by atoms with Gasteiger partial charge in [0.2, 0.25) is 15.9 Å². The molecular weight excluding hydrogens is 613 g/mol. The molecule has 10 nitrogen and oxygen atoms in total. The number of carbonyl (C=O) groups is 2. The minimum atomic E-state index is -4.15. The topological polar surface area (TPSA) is 157 Å². The van der Waals surface area contributed by atoms with Gasteiger partial charge in [-0.25, -0.2) is 13.2 Å². The van der Waals surface area contributed by atoms with E-state index in [0.717, 1.165) is 42.6 Å². The number of nitrogens with one attached hydrogen (secondary N) is 2. The molecule has 1 unspecified atom stereocenters. The van der Waals surface area contributed by atoms with Crippen molar-refractivity contribution in [1.29, 1.82) is 5.41 Å². The van der Waals surface area contributed by atoms with Crippen molar-refractivity contribution in [3.8, 4) is 0 Å². The number of carbonyl (C=O) groups excluding carboxylic acids is 1. The van der Waals surface area contributed by atoms with Crippen molar-refractivity contribution in [3.05, 3.63) is 76.4 Å². The summed E-state index contributed by atoms with van der Waals surface area (Å²) in [7, 11) is -4.15. The van der Waals surface area contributed by atoms with E-state index in [0.29, 0.717) is 17.2 Å². The fourth-order valence-electron chi connectivity index (χ4n) is 5.48. The van der Waals surface area contributed by atoms with Crippen molar-refractivity contribution >= 4 is 52.5 Å². The minimum absolute atomic E-state index is 0. The van der Waals surface area contributed by atoms with Crippen molar-refractivity contribution in [2.24, 2.45) is 5.73 Å². The molecule has 5 N–H and O–H groups in total. The van der Waals surface area contributed by atoms with Crippen LogP contribution in [0.15, 0.2) is 59.0 Å². The lowest BCUT2D eigenvalue weighted by Crippen LogP contribution is -2.55. The lowest BCUT2D eigenvalue weighted by molar-refractivity contribution is -0.150. The molecule has 4 rings (SSSR count). The van der Waals surface area contributed by atoms with Crippen LogP contribution in [0.2, 0.25) is 0 Å². The lowest BCUT2D eigenvalue weighted by atomic mass is 9.98. The van der Waals surface area contributed by atoms with Crippen LogP contribution in [0.3, 0.4) is 0 Å². The van der Waals surface area contributed by atoms with Gasteiger partial charge in [0.25, 0.3) is 0 Å². The number of benzene rings is 2. The van der Waals surface area contributed by atoms with Crippen molar-refractivity contribution in [2.75, 3.05) is 19.6 Å². The number of carboxylic acids is 1. The molecule has 0 fully saturated rings. The summed E-state index contributed by atoms with van der Waals surface area (Å²) in [5.41, 5.74) is 9.61. The van der Waals surface area contributed by atoms with E-state index in [9.17, 15) is 23.1 Å². The van der Waals surface area contributed by atoms with Gasteiger partial charge in [0.05, 0.1) is 4.90 Å². The van der Waals surface area contributed by atoms with E-state index in [1.807, 2.05) is 13.0 Å². The molecule has 2 aromatic carbocycles. The van der Waals surface area contributed by atoms with Crippen LogP contribution in [0.4, 0.5) is 0 Å². The van der Waals surface area contributed by atoms with E-state index in [2.05, 4.69) is 23.5 Å². The molecule has 0 saturated heterocycles. The van der Waals surface area contributed by atoms with Gasteiger partial charge < -0.3 is 20.6 Å². The average molecular weight is 655 g/mol. The van der Waals surface area contributed by atoms with Gasteiger partial charge in [-0.3, -0.25) is 10.2 Å². The molecule has 236 valence electrons. The third kappa shape index (κ3) is 8.79. The third-order valence-corrected chi connectivity index (χ3v) is 9.39. The first kappa shape index (κ1) is 36.2. The van der Waals surface area contributed by atoms with E-state index in [1.54, 1.807) is 42.5 Å². The molecular formula is C30H41Cl2N5O5S. The molecule has 0 saturated carbocycles. The molecule has 0 spiro atoms. The second-order valence-electron chi connectivity index (χ2n) is 11.2. The largest absolute Gasteiger partial charge is 0.480 e. The van der Waals surface area contributed by atoms with Crippen molar-refractivity contribution < 1.29 is 23.1 Å². The maximum atomic E-state index is 13.9. The van der Waals surface area contributed by atoms with Gasteiger partial charge >= 0.3 is 5.97 Å². The number of hydrogen-bond acceptors (Lipinski definition) is 6. The number of halogens is 2. The minimum Gasteiger partial charge on any atom is -0.480 e. The standard InChI is InChI=1S/C30H39N5O5S.2ClH/c1-19(2)34-12-10-22-7-8-25(18-23(22)11-13-34)41(39,40)33-26(17-21-5-4-6-24(16-21)28(31)32)29(36)35-14-9-20(3)15-27(35)30(37)38;;/h4-9,16,18-19,26-27,33H,10-15,17H2,1-3H3,(H3,31,32)(H,37,38);2*1H/t26-,27?;;/m0../s1. The second-order valence-corrected chi connectivity index (χ2v) is 12.9. The van der Waals surface area contributed by atoms with Crippen LogP contribution in [-0.2, 0) is 38.9 Å². The summed E-state index contributed by atoms with van der Waals surface area (Å²) in [6.45, 7) is 7.90. The van der Waals surface area contributed by atoms with Crippen LogP contribution in [0.25, 0.3) is 0 Å². The summed E-state index contributed by atoms with van der Waals surface area (Å²) >= 11 is 0. The first-order chi connectivity index (χ1) is 19.4. The number of aliphatic carboxylic acids is 1. The zero-order chi connectivity index (χ0) is 29.9. The third-order valence-electron chi connectivity index (χ3n) is 7.92. The van der Waals surface area contributed by atoms with E-state index in [1.165, 1.54) is 4.90 Å². The predicted octanol–water partition coefficient (Wildman–Crippen LogP) is 3.14. The highest BCUT2D eigenvalue weighted by Crippen LogP contribution is 2.24. The van der Waals surface area contributed by atoms with Gasteiger partial charge in [-0.1, -0.05) is 35.9 Å². The van der Waals surface area contributed by atoms with Gasteiger partial charge in [-0.15, -0.1) is 24.8 Å². The number of amidine groups is 1. The number of nitrogens with two attached hydrogens (primary N) is 1. The molecule has 1 amide bonds. The second kappa shape index (κ2) is 15.2. The summed E-state index contributed by atoms with van der Waals surface area (Å²) in [4.78, 5) is 29.6. The average Bonchev–Trinajstić information content (AvgIpc) is 3.14. The Morgan fingerprint density at radius 1 is 1.09 bits per heavy atom. The van der Waals surface area contributed by atoms with Crippen LogP contribution in [0.1, 0.15) is 49.4 Å². The number of rotatable bonds is 9. The van der Waals surface area contributed by atoms with Crippen molar-refractivity contribution in [1.82, 2.24) is 14.5 Å². The number of carboxylic acid groups (broad SMARTS) is 1. The van der Waals surface area contributed by atoms with Gasteiger partial charge in [-0.2, -0.15) is 4.72 Å². The fraction of sp³-hybridized carbons (Fsp3) is 0.433. The molecule has 13 heteroatoms. The predicted molar refractivity (Wildman–Crippen MR) is 172 cm³/mol. The Bertz CT molecular complexity index is 1480. The highest BCUT2D eigenvalue weighted by Gasteiger charge is 2.37. The van der Waals surface area contributed by atoms with Gasteiger partial charge in [-0.05, 0) is 81.3 Å². The molecule has 0 radical (unpaired) electrons. The maximum absolute atomic E-state index is 13.9. The normalized spacial score (nSPS) is 17.9. The molecule has 0 aromatic heterocycles. The van der Waals surface area contributed by atoms with Gasteiger partial charge in [0.15, 0.2) is 0 Å². The Balaban J connectivity index is 0.00000323. The number of fused-ring (bicyclic) bond motifs is 1. The number of amides is 1. The Hall–Kier alpha value is -2.96. The van der Waals surface area contributed by atoms with Crippen LogP contribution in [0, 0.1) is 5.41 Å². The summed E-state index contributed by atoms with van der Waals surface area (Å²) in [5.74, 6) is -1.92. The fourth-order valence-corrected chi connectivity index (χ4v) is 6.72. The lowest BCUT2D eigenvalue weighted by Gasteiger charge is -2.34. The molecule has 0 bridgehead atoms. The Morgan fingerprint density at radius 3 is 2.40 bits per heavy atom. The van der Waals surface area contributed by atoms with E-state index >= 15 is 0 Å². The zero-order valence-electron chi connectivity index (χ0n) is 24.6. The zero-order valence-corrected chi connectivity index (χ0v) is 27.0. The Kier molecular flexibility index (Phi) is 12.8. The monoisotopic (exact) mass is 653 g/mol. The summed E-state index contributed by atoms with van der Waals surface area (Å²) < 4.78 is 30.1. The SMILES string of the molecule is CC1=CCN(C(=O)[C@H](Cc2cccc(C(=N)N)c2)NS(=O)(=O)c2ccc3c(c2)CCN(C(C)C)CC3)C(C(=O)O)C1.Cl.Cl. The highest BCUT2D eigenvalue weighted by molar-refractivity contribution is 7.89. The van der Waals surface area contributed by atoms with Crippen LogP contribution in [-0.4, -0.2) is 78.8 Å². The van der Waals surface area contributed by atoms with E-state index < -0.39 is 34.0 Å². The Morgan fingerprint density at radius 2 is 1.77 bits per heavy atom. The molecule has 2 heterocycles. The summed E-state index contributed by atoms with van der Waals surface area (Å²) in [6.07, 6.45) is 3.45. The first-order valence-electron chi connectivity index (χ1n) is 13.9. The summed E-state index contributed by atoms with van der Waals surface area (Å²) in [6, 6.07) is 9.82. The highest BCUT2D eigenvalue weighted by atomic mass is 35.5. The van der Waals surface area contributed by atoms with Crippen LogP contribution < -0.4 is 10.5 Å². The Labute approximate surface area is 266 Å². The molecule has 2 aliphatic rings. The van der Waals surface area contributed by atoms with E-state index in [4.69, 9.17) is 11.1 Å². The van der Waals surface area contributed by atoms with Gasteiger partial charge in [0.1, 0.15) is 17.9 Å². The molecule has 2 aromatic rings. The quantitative estimate of drug-likeness (QED) is 0.184.